The Morgan fingerprint density at radius 2 is 2.05 bits per heavy atom. The van der Waals surface area contributed by atoms with E-state index in [0.29, 0.717) is 21.4 Å². The lowest BCUT2D eigenvalue weighted by Crippen LogP contribution is -1.96. The predicted molar refractivity (Wildman–Crippen MR) is 75.4 cm³/mol. The van der Waals surface area contributed by atoms with Crippen LogP contribution in [-0.2, 0) is 4.79 Å². The maximum absolute atomic E-state index is 10.7. The normalized spacial score (nSPS) is 11.2. The third-order valence-electron chi connectivity index (χ3n) is 2.48. The van der Waals surface area contributed by atoms with E-state index in [-0.39, 0.29) is 5.76 Å². The topological polar surface area (TPSA) is 74.2 Å². The number of nitrogens with zero attached hydrogens (tertiary/aromatic N) is 1. The summed E-state index contributed by atoms with van der Waals surface area (Å²) in [5.41, 5.74) is 0.177. The smallest absolute Gasteiger partial charge is 0.346 e. The summed E-state index contributed by atoms with van der Waals surface area (Å²) in [6.07, 6.45) is 1.14. The van der Waals surface area contributed by atoms with Crippen molar-refractivity contribution < 1.29 is 14.3 Å². The number of benzene rings is 1. The summed E-state index contributed by atoms with van der Waals surface area (Å²) in [6, 6.07) is 9.84. The Balaban J connectivity index is 2.42. The van der Waals surface area contributed by atoms with Gasteiger partial charge < -0.3 is 9.52 Å². The van der Waals surface area contributed by atoms with Gasteiger partial charge in [-0.1, -0.05) is 29.3 Å². The molecule has 0 saturated carbocycles. The molecule has 0 spiro atoms. The second kappa shape index (κ2) is 5.83. The Morgan fingerprint density at radius 1 is 1.30 bits per heavy atom. The molecule has 0 bridgehead atoms. The van der Waals surface area contributed by atoms with Crippen LogP contribution in [0.5, 0.6) is 0 Å². The third kappa shape index (κ3) is 2.85. The van der Waals surface area contributed by atoms with Crippen LogP contribution in [0, 0.1) is 11.3 Å². The molecule has 0 amide bonds. The minimum Gasteiger partial charge on any atom is -0.477 e. The van der Waals surface area contributed by atoms with Gasteiger partial charge in [-0.3, -0.25) is 0 Å². The molecule has 4 nitrogen and oxygen atoms in total. The lowest BCUT2D eigenvalue weighted by Gasteiger charge is -2.01. The van der Waals surface area contributed by atoms with Gasteiger partial charge in [0.25, 0.3) is 0 Å². The average Bonchev–Trinajstić information content (AvgIpc) is 2.87. The summed E-state index contributed by atoms with van der Waals surface area (Å²) >= 11 is 12.0. The first-order valence-electron chi connectivity index (χ1n) is 5.42. The van der Waals surface area contributed by atoms with Gasteiger partial charge in [0.05, 0.1) is 10.0 Å². The molecule has 1 N–H and O–H groups in total. The first kappa shape index (κ1) is 14.2. The van der Waals surface area contributed by atoms with Crippen LogP contribution in [0.4, 0.5) is 0 Å². The van der Waals surface area contributed by atoms with Crippen molar-refractivity contribution in [2.45, 2.75) is 0 Å². The van der Waals surface area contributed by atoms with E-state index in [1.54, 1.807) is 36.4 Å². The van der Waals surface area contributed by atoms with Crippen molar-refractivity contribution in [3.8, 4) is 17.4 Å². The van der Waals surface area contributed by atoms with Crippen LogP contribution in [0.2, 0.25) is 10.0 Å². The van der Waals surface area contributed by atoms with Crippen molar-refractivity contribution in [1.29, 1.82) is 5.26 Å². The largest absolute Gasteiger partial charge is 0.477 e. The zero-order chi connectivity index (χ0) is 14.7. The molecule has 0 fully saturated rings. The number of halogens is 2. The molecule has 1 aromatic heterocycles. The highest BCUT2D eigenvalue weighted by atomic mass is 35.5. The molecule has 2 aromatic rings. The Kier molecular flexibility index (Phi) is 4.14. The second-order valence-corrected chi connectivity index (χ2v) is 4.56. The van der Waals surface area contributed by atoms with Gasteiger partial charge in [0, 0.05) is 11.6 Å². The number of hydrogen-bond donors (Lipinski definition) is 1. The van der Waals surface area contributed by atoms with E-state index in [0.717, 1.165) is 6.08 Å². The molecule has 0 atom stereocenters. The quantitative estimate of drug-likeness (QED) is 0.679. The van der Waals surface area contributed by atoms with Crippen molar-refractivity contribution in [3.05, 3.63) is 51.7 Å². The third-order valence-corrected chi connectivity index (χ3v) is 3.30. The molecular weight excluding hydrogens is 301 g/mol. The summed E-state index contributed by atoms with van der Waals surface area (Å²) in [5.74, 6) is -0.632. The minimum absolute atomic E-state index is 0.245. The van der Waals surface area contributed by atoms with Gasteiger partial charge in [0.15, 0.2) is 0 Å². The van der Waals surface area contributed by atoms with Gasteiger partial charge >= 0.3 is 5.97 Å². The lowest BCUT2D eigenvalue weighted by molar-refractivity contribution is -0.132. The molecule has 0 unspecified atom stereocenters. The van der Waals surface area contributed by atoms with E-state index in [4.69, 9.17) is 38.0 Å². The number of carbonyl (C=O) groups is 1. The zero-order valence-electron chi connectivity index (χ0n) is 9.93. The monoisotopic (exact) mass is 307 g/mol. The number of hydrogen-bond acceptors (Lipinski definition) is 3. The molecule has 2 rings (SSSR count). The summed E-state index contributed by atoms with van der Waals surface area (Å²) in [5, 5.41) is 18.2. The molecule has 20 heavy (non-hydrogen) atoms. The molecule has 0 aliphatic heterocycles. The van der Waals surface area contributed by atoms with E-state index in [1.165, 1.54) is 0 Å². The second-order valence-electron chi connectivity index (χ2n) is 3.78. The van der Waals surface area contributed by atoms with E-state index < -0.39 is 11.5 Å². The predicted octanol–water partition coefficient (Wildman–Crippen LogP) is 4.24. The van der Waals surface area contributed by atoms with Gasteiger partial charge in [-0.05, 0) is 24.3 Å². The van der Waals surface area contributed by atoms with Gasteiger partial charge in [0.1, 0.15) is 23.2 Å². The number of nitriles is 1. The number of carboxylic acids is 1. The highest BCUT2D eigenvalue weighted by Crippen LogP contribution is 2.34. The Hall–Kier alpha value is -2.22. The summed E-state index contributed by atoms with van der Waals surface area (Å²) in [4.78, 5) is 10.7. The highest BCUT2D eigenvalue weighted by molar-refractivity contribution is 6.43. The number of aliphatic carboxylic acids is 1. The molecule has 6 heteroatoms. The number of carboxylic acid groups (broad SMARTS) is 1. The molecule has 0 radical (unpaired) electrons. The maximum atomic E-state index is 10.7. The van der Waals surface area contributed by atoms with Crippen molar-refractivity contribution in [3.63, 3.8) is 0 Å². The van der Waals surface area contributed by atoms with Gasteiger partial charge in [-0.15, -0.1) is 0 Å². The molecule has 0 saturated heterocycles. The number of rotatable bonds is 3. The fourth-order valence-electron chi connectivity index (χ4n) is 1.55. The first-order valence-corrected chi connectivity index (χ1v) is 6.18. The molecule has 1 heterocycles. The van der Waals surface area contributed by atoms with E-state index in [1.807, 2.05) is 0 Å². The van der Waals surface area contributed by atoms with Crippen LogP contribution in [0.25, 0.3) is 17.4 Å². The van der Waals surface area contributed by atoms with E-state index in [9.17, 15) is 4.79 Å². The molecule has 1 aromatic carbocycles. The Bertz CT molecular complexity index is 741. The van der Waals surface area contributed by atoms with Gasteiger partial charge in [-0.25, -0.2) is 4.79 Å². The van der Waals surface area contributed by atoms with Gasteiger partial charge in [0.2, 0.25) is 0 Å². The van der Waals surface area contributed by atoms with Crippen LogP contribution in [0.15, 0.2) is 40.3 Å². The van der Waals surface area contributed by atoms with E-state index >= 15 is 0 Å². The average molecular weight is 308 g/mol. The zero-order valence-corrected chi connectivity index (χ0v) is 11.4. The summed E-state index contributed by atoms with van der Waals surface area (Å²) in [7, 11) is 0. The highest BCUT2D eigenvalue weighted by Gasteiger charge is 2.12. The maximum Gasteiger partial charge on any atom is 0.346 e. The van der Waals surface area contributed by atoms with Crippen LogP contribution < -0.4 is 0 Å². The fraction of sp³-hybridized carbons (Fsp3) is 0. The van der Waals surface area contributed by atoms with Crippen LogP contribution in [0.1, 0.15) is 5.76 Å². The van der Waals surface area contributed by atoms with Crippen molar-refractivity contribution >= 4 is 35.2 Å². The molecular formula is C14H7Cl2NO3. The van der Waals surface area contributed by atoms with E-state index in [2.05, 4.69) is 0 Å². The number of furan rings is 1. The molecule has 100 valence electrons. The Morgan fingerprint density at radius 3 is 2.70 bits per heavy atom. The summed E-state index contributed by atoms with van der Waals surface area (Å²) < 4.78 is 5.45. The van der Waals surface area contributed by atoms with Crippen LogP contribution in [-0.4, -0.2) is 11.1 Å². The minimum atomic E-state index is -1.31. The van der Waals surface area contributed by atoms with Crippen molar-refractivity contribution in [2.24, 2.45) is 0 Å². The van der Waals surface area contributed by atoms with Crippen molar-refractivity contribution in [2.75, 3.05) is 0 Å². The van der Waals surface area contributed by atoms with Crippen LogP contribution in [0.3, 0.4) is 0 Å². The SMILES string of the molecule is N#C/C(=C\c1ccc(-c2cccc(Cl)c2Cl)o1)C(=O)O. The first-order chi connectivity index (χ1) is 9.52. The lowest BCUT2D eigenvalue weighted by atomic mass is 10.2. The van der Waals surface area contributed by atoms with Crippen molar-refractivity contribution in [1.82, 2.24) is 0 Å². The summed E-state index contributed by atoms with van der Waals surface area (Å²) in [6.45, 7) is 0. The van der Waals surface area contributed by atoms with Crippen LogP contribution >= 0.6 is 23.2 Å². The molecule has 0 aliphatic carbocycles. The molecule has 0 aliphatic rings. The standard InChI is InChI=1S/C14H7Cl2NO3/c15-11-3-1-2-10(13(11)16)12-5-4-9(20-12)6-8(7-17)14(18)19/h1-6H,(H,18,19)/b8-6+. The van der Waals surface area contributed by atoms with Gasteiger partial charge in [-0.2, -0.15) is 5.26 Å². The Labute approximate surface area is 124 Å². The fourth-order valence-corrected chi connectivity index (χ4v) is 1.95.